The van der Waals surface area contributed by atoms with Gasteiger partial charge in [0, 0.05) is 16.7 Å². The highest BCUT2D eigenvalue weighted by Crippen LogP contribution is 2.18. The van der Waals surface area contributed by atoms with Gasteiger partial charge in [-0.1, -0.05) is 40.2 Å². The first-order chi connectivity index (χ1) is 12.1. The number of aromatic nitrogens is 1. The van der Waals surface area contributed by atoms with Crippen LogP contribution in [0.4, 0.5) is 11.4 Å². The Balaban J connectivity index is 1.60. The van der Waals surface area contributed by atoms with Gasteiger partial charge in [-0.2, -0.15) is 0 Å². The maximum atomic E-state index is 12.2. The molecule has 126 valence electrons. The summed E-state index contributed by atoms with van der Waals surface area (Å²) in [7, 11) is 0. The molecule has 2 aromatic carbocycles. The summed E-state index contributed by atoms with van der Waals surface area (Å²) in [6.07, 6.45) is 1.66. The molecule has 0 radical (unpaired) electrons. The summed E-state index contributed by atoms with van der Waals surface area (Å²) in [5, 5.41) is 6.15. The van der Waals surface area contributed by atoms with Crippen LogP contribution in [0.5, 0.6) is 0 Å². The minimum atomic E-state index is -0.182. The van der Waals surface area contributed by atoms with Gasteiger partial charge in [0.1, 0.15) is 5.69 Å². The highest BCUT2D eigenvalue weighted by molar-refractivity contribution is 9.10. The molecule has 25 heavy (non-hydrogen) atoms. The van der Waals surface area contributed by atoms with Crippen molar-refractivity contribution in [3.05, 3.63) is 88.2 Å². The van der Waals surface area contributed by atoms with Gasteiger partial charge in [-0.05, 0) is 54.4 Å². The van der Waals surface area contributed by atoms with E-state index in [0.717, 1.165) is 27.0 Å². The fraction of sp³-hybridized carbons (Fsp3) is 0.100. The number of rotatable bonds is 5. The van der Waals surface area contributed by atoms with Gasteiger partial charge in [0.2, 0.25) is 0 Å². The van der Waals surface area contributed by atoms with Crippen LogP contribution in [0.2, 0.25) is 0 Å². The number of pyridine rings is 1. The molecular weight excluding hydrogens is 378 g/mol. The SMILES string of the molecule is Cc1ccccc1CNC(=O)c1ccc(Nc2ccc(Br)cc2)cn1. The van der Waals surface area contributed by atoms with Crippen LogP contribution in [0, 0.1) is 6.92 Å². The lowest BCUT2D eigenvalue weighted by Crippen LogP contribution is -2.24. The van der Waals surface area contributed by atoms with Crippen molar-refractivity contribution >= 4 is 33.2 Å². The Morgan fingerprint density at radius 3 is 2.40 bits per heavy atom. The smallest absolute Gasteiger partial charge is 0.270 e. The highest BCUT2D eigenvalue weighted by atomic mass is 79.9. The van der Waals surface area contributed by atoms with Crippen LogP contribution >= 0.6 is 15.9 Å². The van der Waals surface area contributed by atoms with Gasteiger partial charge in [-0.3, -0.25) is 4.79 Å². The zero-order valence-corrected chi connectivity index (χ0v) is 15.4. The maximum absolute atomic E-state index is 12.2. The Bertz CT molecular complexity index is 861. The van der Waals surface area contributed by atoms with Crippen LogP contribution in [-0.4, -0.2) is 10.9 Å². The van der Waals surface area contributed by atoms with Gasteiger partial charge in [0.15, 0.2) is 0 Å². The molecule has 2 N–H and O–H groups in total. The van der Waals surface area contributed by atoms with Gasteiger partial charge >= 0.3 is 0 Å². The van der Waals surface area contributed by atoms with Crippen molar-refractivity contribution in [1.29, 1.82) is 0 Å². The molecule has 3 rings (SSSR count). The summed E-state index contributed by atoms with van der Waals surface area (Å²) in [4.78, 5) is 16.5. The van der Waals surface area contributed by atoms with Gasteiger partial charge in [0.05, 0.1) is 11.9 Å². The molecule has 0 saturated heterocycles. The number of carbonyl (C=O) groups is 1. The van der Waals surface area contributed by atoms with Crippen LogP contribution in [0.15, 0.2) is 71.3 Å². The van der Waals surface area contributed by atoms with Crippen LogP contribution < -0.4 is 10.6 Å². The Hall–Kier alpha value is -2.66. The maximum Gasteiger partial charge on any atom is 0.270 e. The molecule has 5 heteroatoms. The first kappa shape index (κ1) is 17.2. The molecule has 0 aliphatic heterocycles. The van der Waals surface area contributed by atoms with Crippen molar-refractivity contribution in [1.82, 2.24) is 10.3 Å². The molecule has 4 nitrogen and oxygen atoms in total. The van der Waals surface area contributed by atoms with Gasteiger partial charge < -0.3 is 10.6 Å². The monoisotopic (exact) mass is 395 g/mol. The van der Waals surface area contributed by atoms with Crippen molar-refractivity contribution in [3.8, 4) is 0 Å². The number of nitrogens with one attached hydrogen (secondary N) is 2. The first-order valence-electron chi connectivity index (χ1n) is 7.93. The van der Waals surface area contributed by atoms with Crippen LogP contribution in [0.25, 0.3) is 0 Å². The number of amides is 1. The molecule has 3 aromatic rings. The molecule has 0 spiro atoms. The predicted molar refractivity (Wildman–Crippen MR) is 104 cm³/mol. The quantitative estimate of drug-likeness (QED) is 0.650. The second-order valence-corrected chi connectivity index (χ2v) is 6.59. The number of halogens is 1. The van der Waals surface area contributed by atoms with E-state index in [1.807, 2.05) is 61.5 Å². The van der Waals surface area contributed by atoms with Crippen LogP contribution in [0.1, 0.15) is 21.6 Å². The Kier molecular flexibility index (Phi) is 5.46. The molecule has 0 fully saturated rings. The molecule has 0 aliphatic rings. The standard InChI is InChI=1S/C20H18BrN3O/c1-14-4-2-3-5-15(14)12-23-20(25)19-11-10-18(13-22-19)24-17-8-6-16(21)7-9-17/h2-11,13,24H,12H2,1H3,(H,23,25). The molecule has 1 amide bonds. The predicted octanol–water partition coefficient (Wildman–Crippen LogP) is 4.83. The second-order valence-electron chi connectivity index (χ2n) is 5.67. The molecule has 1 heterocycles. The van der Waals surface area contributed by atoms with Crippen molar-refractivity contribution < 1.29 is 4.79 Å². The normalized spacial score (nSPS) is 10.3. The van der Waals surface area contributed by atoms with Crippen LogP contribution in [-0.2, 0) is 6.54 Å². The van der Waals surface area contributed by atoms with E-state index in [2.05, 4.69) is 31.5 Å². The highest BCUT2D eigenvalue weighted by Gasteiger charge is 2.07. The fourth-order valence-corrected chi connectivity index (χ4v) is 2.64. The zero-order chi connectivity index (χ0) is 17.6. The van der Waals surface area contributed by atoms with Gasteiger partial charge in [0.25, 0.3) is 5.91 Å². The van der Waals surface area contributed by atoms with Crippen LogP contribution in [0.3, 0.4) is 0 Å². The average molecular weight is 396 g/mol. The number of hydrogen-bond donors (Lipinski definition) is 2. The van der Waals surface area contributed by atoms with Crippen molar-refractivity contribution in [2.24, 2.45) is 0 Å². The fourth-order valence-electron chi connectivity index (χ4n) is 2.38. The van der Waals surface area contributed by atoms with Gasteiger partial charge in [-0.15, -0.1) is 0 Å². The number of nitrogens with zero attached hydrogens (tertiary/aromatic N) is 1. The summed E-state index contributed by atoms with van der Waals surface area (Å²) in [6, 6.07) is 19.4. The largest absolute Gasteiger partial charge is 0.354 e. The zero-order valence-electron chi connectivity index (χ0n) is 13.8. The van der Waals surface area contributed by atoms with E-state index in [0.29, 0.717) is 12.2 Å². The lowest BCUT2D eigenvalue weighted by atomic mass is 10.1. The molecule has 0 unspecified atom stereocenters. The Morgan fingerprint density at radius 2 is 1.72 bits per heavy atom. The average Bonchev–Trinajstić information content (AvgIpc) is 2.63. The number of aryl methyl sites for hydroxylation is 1. The number of carbonyl (C=O) groups excluding carboxylic acids is 1. The third kappa shape index (κ3) is 4.67. The van der Waals surface area contributed by atoms with E-state index in [1.165, 1.54) is 0 Å². The second kappa shape index (κ2) is 7.94. The minimum Gasteiger partial charge on any atom is -0.354 e. The lowest BCUT2D eigenvalue weighted by molar-refractivity contribution is 0.0946. The summed E-state index contributed by atoms with van der Waals surface area (Å²) < 4.78 is 1.02. The molecule has 0 bridgehead atoms. The van der Waals surface area contributed by atoms with E-state index in [4.69, 9.17) is 0 Å². The third-order valence-corrected chi connectivity index (χ3v) is 4.36. The Labute approximate surface area is 155 Å². The Morgan fingerprint density at radius 1 is 1.00 bits per heavy atom. The van der Waals surface area contributed by atoms with Gasteiger partial charge in [-0.25, -0.2) is 4.98 Å². The molecule has 0 atom stereocenters. The summed E-state index contributed by atoms with van der Waals surface area (Å²) >= 11 is 3.41. The third-order valence-electron chi connectivity index (χ3n) is 3.83. The van der Waals surface area contributed by atoms with Crippen molar-refractivity contribution in [3.63, 3.8) is 0 Å². The molecule has 0 aliphatic carbocycles. The molecule has 0 saturated carbocycles. The summed E-state index contributed by atoms with van der Waals surface area (Å²) in [5.41, 5.74) is 4.45. The van der Waals surface area contributed by atoms with E-state index in [1.54, 1.807) is 12.3 Å². The van der Waals surface area contributed by atoms with E-state index >= 15 is 0 Å². The van der Waals surface area contributed by atoms with E-state index in [-0.39, 0.29) is 5.91 Å². The molecular formula is C20H18BrN3O. The van der Waals surface area contributed by atoms with Crippen molar-refractivity contribution in [2.75, 3.05) is 5.32 Å². The summed E-state index contributed by atoms with van der Waals surface area (Å²) in [6.45, 7) is 2.52. The minimum absolute atomic E-state index is 0.182. The van der Waals surface area contributed by atoms with E-state index in [9.17, 15) is 4.79 Å². The van der Waals surface area contributed by atoms with Crippen molar-refractivity contribution in [2.45, 2.75) is 13.5 Å². The number of hydrogen-bond acceptors (Lipinski definition) is 3. The van der Waals surface area contributed by atoms with E-state index < -0.39 is 0 Å². The summed E-state index contributed by atoms with van der Waals surface area (Å²) in [5.74, 6) is -0.182. The first-order valence-corrected chi connectivity index (χ1v) is 8.72. The number of benzene rings is 2. The molecule has 1 aromatic heterocycles. The number of anilines is 2. The topological polar surface area (TPSA) is 54.0 Å². The lowest BCUT2D eigenvalue weighted by Gasteiger charge is -2.09.